The molecule has 1 N–H and O–H groups in total. The molecule has 0 radical (unpaired) electrons. The van der Waals surface area contributed by atoms with Crippen LogP contribution in [-0.4, -0.2) is 76.6 Å². The Balaban J connectivity index is 1.57. The molecular formula is C17H20N4O5S. The highest BCUT2D eigenvalue weighted by molar-refractivity contribution is 7.91. The maximum Gasteiger partial charge on any atom is 0.298 e. The molecule has 9 nitrogen and oxygen atoms in total. The third-order valence-corrected chi connectivity index (χ3v) is 6.98. The van der Waals surface area contributed by atoms with E-state index in [4.69, 9.17) is 4.42 Å². The van der Waals surface area contributed by atoms with Gasteiger partial charge in [-0.3, -0.25) is 14.5 Å². The molecule has 2 aromatic rings. The summed E-state index contributed by atoms with van der Waals surface area (Å²) in [6.07, 6.45) is 2.93. The lowest BCUT2D eigenvalue weighted by molar-refractivity contribution is -0.132. The fourth-order valence-electron chi connectivity index (χ4n) is 3.86. The highest BCUT2D eigenvalue weighted by Crippen LogP contribution is 2.29. The molecule has 2 aliphatic rings. The number of piperazine rings is 1. The second-order valence-electron chi connectivity index (χ2n) is 6.96. The number of sulfone groups is 1. The van der Waals surface area contributed by atoms with Crippen LogP contribution in [0, 0.1) is 6.92 Å². The summed E-state index contributed by atoms with van der Waals surface area (Å²) in [7, 11) is -3.30. The maximum atomic E-state index is 12.7. The Hall–Kier alpha value is -2.46. The van der Waals surface area contributed by atoms with Gasteiger partial charge in [0.05, 0.1) is 35.8 Å². The number of carbonyl (C=O) groups excluding carboxylic acids is 2. The smallest absolute Gasteiger partial charge is 0.298 e. The van der Waals surface area contributed by atoms with Crippen LogP contribution in [0.5, 0.6) is 0 Å². The minimum atomic E-state index is -3.30. The molecule has 0 aromatic carbocycles. The first-order chi connectivity index (χ1) is 12.9. The van der Waals surface area contributed by atoms with Crippen molar-refractivity contribution in [2.75, 3.05) is 24.6 Å². The zero-order valence-electron chi connectivity index (χ0n) is 14.8. The first-order valence-corrected chi connectivity index (χ1v) is 10.5. The number of carbonyl (C=O) groups is 2. The van der Waals surface area contributed by atoms with Gasteiger partial charge in [-0.15, -0.1) is 0 Å². The summed E-state index contributed by atoms with van der Waals surface area (Å²) in [4.78, 5) is 35.8. The number of furan rings is 1. The van der Waals surface area contributed by atoms with Crippen molar-refractivity contribution in [2.24, 2.45) is 0 Å². The Bertz CT molecular complexity index is 965. The van der Waals surface area contributed by atoms with Gasteiger partial charge in [0.2, 0.25) is 0 Å². The Morgan fingerprint density at radius 3 is 2.74 bits per heavy atom. The van der Waals surface area contributed by atoms with Crippen molar-refractivity contribution in [3.05, 3.63) is 41.9 Å². The minimum Gasteiger partial charge on any atom is -0.461 e. The first-order valence-electron chi connectivity index (χ1n) is 8.68. The van der Waals surface area contributed by atoms with Gasteiger partial charge in [-0.2, -0.15) is 0 Å². The lowest BCUT2D eigenvalue weighted by Gasteiger charge is -2.43. The molecule has 2 saturated heterocycles. The van der Waals surface area contributed by atoms with Gasteiger partial charge in [0, 0.05) is 31.4 Å². The van der Waals surface area contributed by atoms with Crippen LogP contribution < -0.4 is 0 Å². The molecule has 0 spiro atoms. The van der Waals surface area contributed by atoms with Crippen molar-refractivity contribution in [1.82, 2.24) is 19.8 Å². The number of fused-ring (bicyclic) bond motifs is 1. The first kappa shape index (κ1) is 17.9. The number of imidazole rings is 1. The Morgan fingerprint density at radius 1 is 1.30 bits per heavy atom. The molecule has 2 atom stereocenters. The average molecular weight is 392 g/mol. The predicted octanol–water partition coefficient (Wildman–Crippen LogP) is 0.00382. The van der Waals surface area contributed by atoms with Gasteiger partial charge in [-0.25, -0.2) is 13.4 Å². The summed E-state index contributed by atoms with van der Waals surface area (Å²) < 4.78 is 29.6. The summed E-state index contributed by atoms with van der Waals surface area (Å²) in [5.74, 6) is -1.66. The lowest BCUT2D eigenvalue weighted by Crippen LogP contribution is -2.61. The molecule has 0 bridgehead atoms. The molecule has 0 aliphatic carbocycles. The third kappa shape index (κ3) is 3.30. The largest absolute Gasteiger partial charge is 0.461 e. The topological polar surface area (TPSA) is 117 Å². The standard InChI is InChI=1S/C17H20N4O5S/c1-11-12(19-10-18-11)7-20-4-5-21(14-9-27(24,25)8-13(14)20)17(23)16(22)15-3-2-6-26-15/h2-3,6,10,13-14H,4-5,7-9H2,1H3,(H,18,19)/t13-,14+/m1/s1. The van der Waals surface area contributed by atoms with Crippen LogP contribution in [0.15, 0.2) is 29.1 Å². The van der Waals surface area contributed by atoms with Gasteiger partial charge in [0.15, 0.2) is 15.6 Å². The molecule has 1 amide bonds. The van der Waals surface area contributed by atoms with Crippen molar-refractivity contribution in [3.63, 3.8) is 0 Å². The number of hydrogen-bond donors (Lipinski definition) is 1. The van der Waals surface area contributed by atoms with Crippen LogP contribution in [0.2, 0.25) is 0 Å². The number of nitrogens with one attached hydrogen (secondary N) is 1. The van der Waals surface area contributed by atoms with Crippen molar-refractivity contribution < 1.29 is 22.4 Å². The summed E-state index contributed by atoms with van der Waals surface area (Å²) in [5, 5.41) is 0. The van der Waals surface area contributed by atoms with Gasteiger partial charge in [0.25, 0.3) is 11.7 Å². The van der Waals surface area contributed by atoms with Crippen LogP contribution in [0.1, 0.15) is 21.9 Å². The number of rotatable bonds is 4. The molecule has 0 saturated carbocycles. The number of aryl methyl sites for hydroxylation is 1. The number of amides is 1. The van der Waals surface area contributed by atoms with Crippen LogP contribution >= 0.6 is 0 Å². The van der Waals surface area contributed by atoms with E-state index in [0.29, 0.717) is 13.1 Å². The fraction of sp³-hybridized carbons (Fsp3) is 0.471. The van der Waals surface area contributed by atoms with Gasteiger partial charge < -0.3 is 14.3 Å². The van der Waals surface area contributed by atoms with E-state index >= 15 is 0 Å². The molecule has 0 unspecified atom stereocenters. The molecule has 27 heavy (non-hydrogen) atoms. The van der Waals surface area contributed by atoms with E-state index in [0.717, 1.165) is 11.4 Å². The highest BCUT2D eigenvalue weighted by Gasteiger charge is 2.49. The molecule has 10 heteroatoms. The number of ketones is 1. The van der Waals surface area contributed by atoms with Gasteiger partial charge in [-0.05, 0) is 19.1 Å². The zero-order chi connectivity index (χ0) is 19.2. The van der Waals surface area contributed by atoms with Gasteiger partial charge >= 0.3 is 0 Å². The molecular weight excluding hydrogens is 372 g/mol. The van der Waals surface area contributed by atoms with Crippen LogP contribution in [0.3, 0.4) is 0 Å². The number of Topliss-reactive ketones (excluding diaryl/α,β-unsaturated/α-hetero) is 1. The summed E-state index contributed by atoms with van der Waals surface area (Å²) in [6, 6.07) is 2.07. The summed E-state index contributed by atoms with van der Waals surface area (Å²) in [6.45, 7) is 3.17. The van der Waals surface area contributed by atoms with E-state index in [1.165, 1.54) is 23.3 Å². The predicted molar refractivity (Wildman–Crippen MR) is 94.7 cm³/mol. The Kier molecular flexibility index (Phi) is 4.39. The van der Waals surface area contributed by atoms with E-state index in [9.17, 15) is 18.0 Å². The summed E-state index contributed by atoms with van der Waals surface area (Å²) in [5.41, 5.74) is 1.78. The molecule has 2 fully saturated rings. The van der Waals surface area contributed by atoms with E-state index < -0.39 is 27.6 Å². The van der Waals surface area contributed by atoms with Gasteiger partial charge in [0.1, 0.15) is 0 Å². The molecule has 2 aliphatic heterocycles. The van der Waals surface area contributed by atoms with Crippen molar-refractivity contribution in [1.29, 1.82) is 0 Å². The fourth-order valence-corrected chi connectivity index (χ4v) is 5.87. The van der Waals surface area contributed by atoms with E-state index in [1.54, 1.807) is 6.33 Å². The van der Waals surface area contributed by atoms with Gasteiger partial charge in [-0.1, -0.05) is 0 Å². The number of aromatic nitrogens is 2. The molecule has 4 rings (SSSR count). The van der Waals surface area contributed by atoms with E-state index in [2.05, 4.69) is 9.97 Å². The number of H-pyrrole nitrogens is 1. The van der Waals surface area contributed by atoms with Crippen molar-refractivity contribution in [2.45, 2.75) is 25.6 Å². The highest BCUT2D eigenvalue weighted by atomic mass is 32.2. The van der Waals surface area contributed by atoms with Crippen LogP contribution in [0.4, 0.5) is 0 Å². The Labute approximate surface area is 156 Å². The molecule has 4 heterocycles. The quantitative estimate of drug-likeness (QED) is 0.575. The monoisotopic (exact) mass is 392 g/mol. The number of hydrogen-bond acceptors (Lipinski definition) is 7. The lowest BCUT2D eigenvalue weighted by atomic mass is 10.0. The number of aromatic amines is 1. The zero-order valence-corrected chi connectivity index (χ0v) is 15.6. The van der Waals surface area contributed by atoms with E-state index in [1.807, 2.05) is 11.8 Å². The normalized spacial score (nSPS) is 24.7. The second kappa shape index (κ2) is 6.61. The van der Waals surface area contributed by atoms with Crippen molar-refractivity contribution >= 4 is 21.5 Å². The Morgan fingerprint density at radius 2 is 2.07 bits per heavy atom. The third-order valence-electron chi connectivity index (χ3n) is 5.28. The van der Waals surface area contributed by atoms with Crippen molar-refractivity contribution in [3.8, 4) is 0 Å². The van der Waals surface area contributed by atoms with Crippen LogP contribution in [-0.2, 0) is 21.2 Å². The SMILES string of the molecule is Cc1[nH]cnc1CN1CCN(C(=O)C(=O)c2ccco2)[C@H]2CS(=O)(=O)C[C@H]21. The maximum absolute atomic E-state index is 12.7. The molecule has 2 aromatic heterocycles. The average Bonchev–Trinajstić information content (AvgIpc) is 3.34. The molecule has 144 valence electrons. The number of nitrogens with zero attached hydrogens (tertiary/aromatic N) is 3. The minimum absolute atomic E-state index is 0.0279. The van der Waals surface area contributed by atoms with Crippen LogP contribution in [0.25, 0.3) is 0 Å². The van der Waals surface area contributed by atoms with E-state index in [-0.39, 0.29) is 29.9 Å². The second-order valence-corrected chi connectivity index (χ2v) is 9.12. The summed E-state index contributed by atoms with van der Waals surface area (Å²) >= 11 is 0.